The molecule has 4 nitrogen and oxygen atoms in total. The molecular formula is H5O4PSiZn. The van der Waals surface area contributed by atoms with E-state index >= 15 is 0 Å². The van der Waals surface area contributed by atoms with E-state index < -0.39 is 9.05 Å². The molecule has 0 aliphatic carbocycles. The third kappa shape index (κ3) is 151. The molecule has 0 saturated heterocycles. The van der Waals surface area contributed by atoms with Gasteiger partial charge in [-0.1, -0.05) is 0 Å². The standard InChI is InChI=1S/H2O4Si.H3P.Zn/c1-5(2,3)4;;/h1-2H;1H3;/q-2;;+2. The van der Waals surface area contributed by atoms with Gasteiger partial charge in [0.1, 0.15) is 9.05 Å². The van der Waals surface area contributed by atoms with Crippen molar-refractivity contribution in [3.8, 4) is 0 Å². The first kappa shape index (κ1) is 15.7. The summed E-state index contributed by atoms with van der Waals surface area (Å²) in [5, 5.41) is 0. The first-order valence-electron chi connectivity index (χ1n) is 0.855. The molecular weight excluding hydrogens is 188 g/mol. The normalized spacial score (nSPS) is 8.57. The van der Waals surface area contributed by atoms with Crippen LogP contribution in [0.3, 0.4) is 0 Å². The maximum atomic E-state index is 8.80. The van der Waals surface area contributed by atoms with Gasteiger partial charge in [-0.05, 0) is 0 Å². The van der Waals surface area contributed by atoms with Crippen LogP contribution in [0.15, 0.2) is 0 Å². The van der Waals surface area contributed by atoms with Crippen molar-refractivity contribution in [1.82, 2.24) is 0 Å². The van der Waals surface area contributed by atoms with Crippen molar-refractivity contribution in [2.24, 2.45) is 0 Å². The van der Waals surface area contributed by atoms with E-state index in [1.54, 1.807) is 0 Å². The quantitative estimate of drug-likeness (QED) is 0.305. The van der Waals surface area contributed by atoms with Crippen LogP contribution in [0, 0.1) is 0 Å². The zero-order valence-corrected chi connectivity index (χ0v) is 9.01. The summed E-state index contributed by atoms with van der Waals surface area (Å²) in [5.74, 6) is 0. The van der Waals surface area contributed by atoms with Gasteiger partial charge >= 0.3 is 19.5 Å². The van der Waals surface area contributed by atoms with Gasteiger partial charge in [-0.25, -0.2) is 0 Å². The van der Waals surface area contributed by atoms with Crippen LogP contribution < -0.4 is 9.59 Å². The van der Waals surface area contributed by atoms with E-state index in [0.29, 0.717) is 0 Å². The predicted molar refractivity (Wildman–Crippen MR) is 21.3 cm³/mol. The molecule has 0 bridgehead atoms. The van der Waals surface area contributed by atoms with E-state index in [-0.39, 0.29) is 29.4 Å². The second kappa shape index (κ2) is 5.25. The Morgan fingerprint density at radius 2 is 1.14 bits per heavy atom. The first-order valence-corrected chi connectivity index (χ1v) is 2.57. The molecule has 0 heterocycles. The average molecular weight is 193 g/mol. The molecule has 0 spiro atoms. The van der Waals surface area contributed by atoms with Crippen LogP contribution in [-0.4, -0.2) is 18.6 Å². The van der Waals surface area contributed by atoms with Crippen LogP contribution in [0.1, 0.15) is 0 Å². The molecule has 0 saturated carbocycles. The molecule has 1 atom stereocenters. The van der Waals surface area contributed by atoms with Crippen LogP contribution in [0.2, 0.25) is 0 Å². The fourth-order valence-corrected chi connectivity index (χ4v) is 0. The van der Waals surface area contributed by atoms with Gasteiger partial charge in [0.05, 0.1) is 0 Å². The molecule has 2 N–H and O–H groups in total. The van der Waals surface area contributed by atoms with Gasteiger partial charge in [0.2, 0.25) is 0 Å². The zero-order chi connectivity index (χ0) is 4.50. The van der Waals surface area contributed by atoms with Crippen molar-refractivity contribution in [3.63, 3.8) is 0 Å². The minimum Gasteiger partial charge on any atom is -0.828 e. The summed E-state index contributed by atoms with van der Waals surface area (Å²) in [6.45, 7) is 0. The van der Waals surface area contributed by atoms with Crippen molar-refractivity contribution >= 4 is 18.9 Å². The van der Waals surface area contributed by atoms with Gasteiger partial charge in [-0.2, -0.15) is 9.90 Å². The van der Waals surface area contributed by atoms with Crippen molar-refractivity contribution < 1.29 is 38.7 Å². The topological polar surface area (TPSA) is 86.6 Å². The van der Waals surface area contributed by atoms with Crippen LogP contribution in [0.5, 0.6) is 0 Å². The van der Waals surface area contributed by atoms with E-state index in [0.717, 1.165) is 0 Å². The van der Waals surface area contributed by atoms with Crippen molar-refractivity contribution in [2.75, 3.05) is 0 Å². The Balaban J connectivity index is -0.0000000800. The fraction of sp³-hybridized carbons (Fsp3) is 0. The zero-order valence-electron chi connectivity index (χ0n) is 3.63. The van der Waals surface area contributed by atoms with Gasteiger partial charge in [0.25, 0.3) is 0 Å². The average Bonchev–Trinajstić information content (AvgIpc) is 0.722. The molecule has 0 aromatic heterocycles. The number of hydrogen-bond acceptors (Lipinski definition) is 4. The smallest absolute Gasteiger partial charge is 0.828 e. The third-order valence-electron chi connectivity index (χ3n) is 0. The summed E-state index contributed by atoms with van der Waals surface area (Å²) in [7, 11) is -5.11. The van der Waals surface area contributed by atoms with Gasteiger partial charge < -0.3 is 19.2 Å². The summed E-state index contributed by atoms with van der Waals surface area (Å²) in [6, 6.07) is 0. The summed E-state index contributed by atoms with van der Waals surface area (Å²) < 4.78 is 0. The Morgan fingerprint density at radius 3 is 1.14 bits per heavy atom. The molecule has 1 unspecified atom stereocenters. The maximum absolute atomic E-state index is 8.80. The van der Waals surface area contributed by atoms with Gasteiger partial charge in [0, 0.05) is 0 Å². The fourth-order valence-electron chi connectivity index (χ4n) is 0. The second-order valence-corrected chi connectivity index (χ2v) is 1.65. The van der Waals surface area contributed by atoms with Crippen LogP contribution in [0.25, 0.3) is 0 Å². The van der Waals surface area contributed by atoms with Gasteiger partial charge in [-0.15, -0.1) is 0 Å². The molecule has 0 amide bonds. The molecule has 0 aliphatic rings. The Bertz CT molecular complexity index is 27.2. The SMILES string of the molecule is P.[O-][Si]([O-])(O)O.[Zn+2]. The Labute approximate surface area is 58.1 Å². The van der Waals surface area contributed by atoms with E-state index in [1.165, 1.54) is 0 Å². The molecule has 0 fully saturated rings. The van der Waals surface area contributed by atoms with Gasteiger partial charge in [-0.3, -0.25) is 0 Å². The monoisotopic (exact) mass is 192 g/mol. The van der Waals surface area contributed by atoms with Crippen molar-refractivity contribution in [2.45, 2.75) is 0 Å². The largest absolute Gasteiger partial charge is 2.00 e. The predicted octanol–water partition coefficient (Wildman–Crippen LogP) is -3.82. The molecule has 40 valence electrons. The maximum Gasteiger partial charge on any atom is 2.00 e. The summed E-state index contributed by atoms with van der Waals surface area (Å²) in [5.41, 5.74) is 0. The molecule has 7 heteroatoms. The van der Waals surface area contributed by atoms with Gasteiger partial charge in [0.15, 0.2) is 0 Å². The summed E-state index contributed by atoms with van der Waals surface area (Å²) >= 11 is 0. The minimum atomic E-state index is -5.11. The van der Waals surface area contributed by atoms with E-state index in [2.05, 4.69) is 0 Å². The Morgan fingerprint density at radius 1 is 1.14 bits per heavy atom. The summed E-state index contributed by atoms with van der Waals surface area (Å²) in [6.07, 6.45) is 0. The molecule has 0 aliphatic heterocycles. The van der Waals surface area contributed by atoms with E-state index in [4.69, 9.17) is 19.2 Å². The number of hydrogen-bond donors (Lipinski definition) is 2. The van der Waals surface area contributed by atoms with Crippen LogP contribution >= 0.6 is 9.90 Å². The molecule has 0 radical (unpaired) electrons. The van der Waals surface area contributed by atoms with Crippen LogP contribution in [-0.2, 0) is 19.5 Å². The second-order valence-electron chi connectivity index (χ2n) is 0.548. The first-order chi connectivity index (χ1) is 2.00. The molecule has 0 aromatic rings. The summed E-state index contributed by atoms with van der Waals surface area (Å²) in [4.78, 5) is 31.8. The third-order valence-corrected chi connectivity index (χ3v) is 0. The van der Waals surface area contributed by atoms with Crippen molar-refractivity contribution in [1.29, 1.82) is 0 Å². The Hall–Kier alpha value is 1.11. The Kier molecular flexibility index (Phi) is 11.8. The number of rotatable bonds is 0. The van der Waals surface area contributed by atoms with E-state index in [9.17, 15) is 0 Å². The van der Waals surface area contributed by atoms with E-state index in [1.807, 2.05) is 0 Å². The van der Waals surface area contributed by atoms with Crippen molar-refractivity contribution in [3.05, 3.63) is 0 Å². The molecule has 7 heavy (non-hydrogen) atoms. The molecule has 0 aromatic carbocycles. The van der Waals surface area contributed by atoms with Crippen LogP contribution in [0.4, 0.5) is 0 Å². The molecule has 0 rings (SSSR count). The minimum absolute atomic E-state index is 0.